The van der Waals surface area contributed by atoms with Gasteiger partial charge in [-0.15, -0.1) is 0 Å². The normalized spacial score (nSPS) is 11.5. The van der Waals surface area contributed by atoms with E-state index in [2.05, 4.69) is 167 Å². The molecule has 0 saturated heterocycles. The predicted molar refractivity (Wildman–Crippen MR) is 168 cm³/mol. The standard InChI is InChI=1S/C38H26N2/c1-5-15-27(16-6-1)31-23-13-25-33-35(31)39(29-19-9-3-10-20-29)38-34-26-14-24-32(28-17-7-2-8-18-28)36(34)40(37(33)38)30-21-11-4-12-22-30/h1-26H. The van der Waals surface area contributed by atoms with Crippen molar-refractivity contribution in [1.29, 1.82) is 0 Å². The van der Waals surface area contributed by atoms with E-state index in [0.29, 0.717) is 0 Å². The maximum atomic E-state index is 2.48. The van der Waals surface area contributed by atoms with Crippen molar-refractivity contribution < 1.29 is 0 Å². The van der Waals surface area contributed by atoms with Gasteiger partial charge < -0.3 is 9.13 Å². The van der Waals surface area contributed by atoms with Crippen LogP contribution >= 0.6 is 0 Å². The summed E-state index contributed by atoms with van der Waals surface area (Å²) in [6, 6.07) is 56.5. The maximum Gasteiger partial charge on any atom is 0.0804 e. The smallest absolute Gasteiger partial charge is 0.0804 e. The summed E-state index contributed by atoms with van der Waals surface area (Å²) in [6.45, 7) is 0. The van der Waals surface area contributed by atoms with Crippen LogP contribution in [0.15, 0.2) is 158 Å². The molecule has 8 aromatic rings. The molecule has 0 fully saturated rings. The Morgan fingerprint density at radius 1 is 0.275 bits per heavy atom. The summed E-state index contributed by atoms with van der Waals surface area (Å²) in [6.07, 6.45) is 0. The third-order valence-corrected chi connectivity index (χ3v) is 7.90. The molecule has 0 spiro atoms. The van der Waals surface area contributed by atoms with Gasteiger partial charge in [-0.25, -0.2) is 0 Å². The molecule has 2 nitrogen and oxygen atoms in total. The summed E-state index contributed by atoms with van der Waals surface area (Å²) in [7, 11) is 0. The van der Waals surface area contributed by atoms with Gasteiger partial charge in [0.1, 0.15) is 0 Å². The van der Waals surface area contributed by atoms with E-state index in [0.717, 1.165) is 11.4 Å². The SMILES string of the molecule is c1ccc(-c2cccc3c2n(-c2ccccc2)c2c4cccc(-c5ccccc5)c4n(-c4ccccc4)c32)cc1. The Kier molecular flexibility index (Phi) is 5.17. The molecule has 0 N–H and O–H groups in total. The fraction of sp³-hybridized carbons (Fsp3) is 0. The molecule has 6 aromatic carbocycles. The van der Waals surface area contributed by atoms with Crippen LogP contribution in [0.1, 0.15) is 0 Å². The van der Waals surface area contributed by atoms with Crippen molar-refractivity contribution in [3.05, 3.63) is 158 Å². The second kappa shape index (κ2) is 9.14. The summed E-state index contributed by atoms with van der Waals surface area (Å²) >= 11 is 0. The molecule has 0 amide bonds. The lowest BCUT2D eigenvalue weighted by Gasteiger charge is -2.14. The maximum absolute atomic E-state index is 2.48. The Morgan fingerprint density at radius 3 is 1.00 bits per heavy atom. The van der Waals surface area contributed by atoms with Gasteiger partial charge in [-0.2, -0.15) is 0 Å². The van der Waals surface area contributed by atoms with E-state index in [-0.39, 0.29) is 0 Å². The van der Waals surface area contributed by atoms with Crippen LogP contribution in [0.2, 0.25) is 0 Å². The van der Waals surface area contributed by atoms with Crippen molar-refractivity contribution in [3.8, 4) is 33.6 Å². The molecular weight excluding hydrogens is 484 g/mol. The topological polar surface area (TPSA) is 9.86 Å². The van der Waals surface area contributed by atoms with Gasteiger partial charge >= 0.3 is 0 Å². The molecule has 188 valence electrons. The molecule has 2 heterocycles. The Labute approximate surface area is 233 Å². The number of hydrogen-bond donors (Lipinski definition) is 0. The first kappa shape index (κ1) is 22.6. The number of rotatable bonds is 4. The van der Waals surface area contributed by atoms with Crippen LogP contribution in [0.5, 0.6) is 0 Å². The first-order valence-corrected chi connectivity index (χ1v) is 13.7. The Bertz CT molecular complexity index is 1960. The molecule has 0 aliphatic heterocycles. The lowest BCUT2D eigenvalue weighted by atomic mass is 10.0. The monoisotopic (exact) mass is 510 g/mol. The summed E-state index contributed by atoms with van der Waals surface area (Å²) in [5.41, 5.74) is 12.1. The number of para-hydroxylation sites is 4. The summed E-state index contributed by atoms with van der Waals surface area (Å²) < 4.78 is 4.95. The van der Waals surface area contributed by atoms with E-state index in [9.17, 15) is 0 Å². The first-order chi connectivity index (χ1) is 19.9. The minimum atomic E-state index is 1.16. The van der Waals surface area contributed by atoms with Crippen molar-refractivity contribution >= 4 is 32.8 Å². The van der Waals surface area contributed by atoms with Crippen LogP contribution in [0, 0.1) is 0 Å². The molecule has 0 bridgehead atoms. The number of nitrogens with zero attached hydrogens (tertiary/aromatic N) is 2. The summed E-state index contributed by atoms with van der Waals surface area (Å²) in [5, 5.41) is 2.47. The quantitative estimate of drug-likeness (QED) is 0.223. The zero-order chi connectivity index (χ0) is 26.5. The van der Waals surface area contributed by atoms with Crippen LogP contribution in [0.3, 0.4) is 0 Å². The average Bonchev–Trinajstić information content (AvgIpc) is 3.56. The Balaban J connectivity index is 1.65. The van der Waals surface area contributed by atoms with Crippen molar-refractivity contribution in [2.45, 2.75) is 0 Å². The van der Waals surface area contributed by atoms with Crippen LogP contribution < -0.4 is 0 Å². The molecule has 0 aliphatic rings. The van der Waals surface area contributed by atoms with Crippen molar-refractivity contribution in [2.75, 3.05) is 0 Å². The number of hydrogen-bond acceptors (Lipinski definition) is 0. The van der Waals surface area contributed by atoms with E-state index in [1.807, 2.05) is 0 Å². The molecule has 0 unspecified atom stereocenters. The third-order valence-electron chi connectivity index (χ3n) is 7.90. The highest BCUT2D eigenvalue weighted by molar-refractivity contribution is 6.23. The number of aromatic nitrogens is 2. The summed E-state index contributed by atoms with van der Waals surface area (Å²) in [5.74, 6) is 0. The van der Waals surface area contributed by atoms with Crippen molar-refractivity contribution in [2.24, 2.45) is 0 Å². The first-order valence-electron chi connectivity index (χ1n) is 13.7. The zero-order valence-electron chi connectivity index (χ0n) is 21.9. The van der Waals surface area contributed by atoms with E-state index in [1.165, 1.54) is 55.1 Å². The fourth-order valence-electron chi connectivity index (χ4n) is 6.25. The van der Waals surface area contributed by atoms with Crippen molar-refractivity contribution in [3.63, 3.8) is 0 Å². The van der Waals surface area contributed by atoms with E-state index in [1.54, 1.807) is 0 Å². The minimum Gasteiger partial charge on any atom is -0.306 e. The van der Waals surface area contributed by atoms with E-state index in [4.69, 9.17) is 0 Å². The second-order valence-electron chi connectivity index (χ2n) is 10.2. The van der Waals surface area contributed by atoms with Crippen LogP contribution in [-0.4, -0.2) is 9.13 Å². The molecule has 40 heavy (non-hydrogen) atoms. The van der Waals surface area contributed by atoms with Crippen LogP contribution in [0.4, 0.5) is 0 Å². The van der Waals surface area contributed by atoms with Gasteiger partial charge in [0.15, 0.2) is 0 Å². The highest BCUT2D eigenvalue weighted by Gasteiger charge is 2.25. The third kappa shape index (κ3) is 3.36. The predicted octanol–water partition coefficient (Wildman–Crippen LogP) is 10.1. The van der Waals surface area contributed by atoms with Crippen LogP contribution in [0.25, 0.3) is 66.5 Å². The van der Waals surface area contributed by atoms with E-state index >= 15 is 0 Å². The van der Waals surface area contributed by atoms with Gasteiger partial charge in [-0.1, -0.05) is 133 Å². The van der Waals surface area contributed by atoms with Crippen LogP contribution in [-0.2, 0) is 0 Å². The molecular formula is C38H26N2. The Morgan fingerprint density at radius 2 is 0.625 bits per heavy atom. The fourth-order valence-corrected chi connectivity index (χ4v) is 6.25. The van der Waals surface area contributed by atoms with Gasteiger partial charge in [-0.3, -0.25) is 0 Å². The van der Waals surface area contributed by atoms with Gasteiger partial charge in [0.2, 0.25) is 0 Å². The highest BCUT2D eigenvalue weighted by atomic mass is 15.1. The average molecular weight is 511 g/mol. The molecule has 0 aliphatic carbocycles. The van der Waals surface area contributed by atoms with Gasteiger partial charge in [0.25, 0.3) is 0 Å². The lowest BCUT2D eigenvalue weighted by Crippen LogP contribution is -1.96. The number of benzene rings is 6. The zero-order valence-corrected chi connectivity index (χ0v) is 21.9. The molecule has 8 rings (SSSR count). The lowest BCUT2D eigenvalue weighted by molar-refractivity contribution is 1.17. The number of fused-ring (bicyclic) bond motifs is 5. The minimum absolute atomic E-state index is 1.16. The highest BCUT2D eigenvalue weighted by Crippen LogP contribution is 2.45. The molecule has 2 aromatic heterocycles. The van der Waals surface area contributed by atoms with Gasteiger partial charge in [0, 0.05) is 33.3 Å². The van der Waals surface area contributed by atoms with Crippen molar-refractivity contribution in [1.82, 2.24) is 9.13 Å². The molecule has 0 saturated carbocycles. The second-order valence-corrected chi connectivity index (χ2v) is 10.2. The van der Waals surface area contributed by atoms with E-state index < -0.39 is 0 Å². The molecule has 2 heteroatoms. The van der Waals surface area contributed by atoms with Gasteiger partial charge in [0.05, 0.1) is 22.1 Å². The Hall–Kier alpha value is -5.34. The molecule has 0 radical (unpaired) electrons. The largest absolute Gasteiger partial charge is 0.306 e. The van der Waals surface area contributed by atoms with Gasteiger partial charge in [-0.05, 0) is 35.4 Å². The summed E-state index contributed by atoms with van der Waals surface area (Å²) in [4.78, 5) is 0. The molecule has 0 atom stereocenters.